The summed E-state index contributed by atoms with van der Waals surface area (Å²) < 4.78 is 6.15. The summed E-state index contributed by atoms with van der Waals surface area (Å²) in [5, 5.41) is 11.1. The van der Waals surface area contributed by atoms with Gasteiger partial charge in [-0.2, -0.15) is 0 Å². The average Bonchev–Trinajstić information content (AvgIpc) is 3.22. The second kappa shape index (κ2) is 10.5. The smallest absolute Gasteiger partial charge is 0.304 e. The number of ether oxygens (including phenoxy) is 1. The van der Waals surface area contributed by atoms with Gasteiger partial charge in [0.25, 0.3) is 0 Å². The average molecular weight is 560 g/mol. The van der Waals surface area contributed by atoms with Crippen molar-refractivity contribution in [3.63, 3.8) is 0 Å². The molecule has 6 nitrogen and oxygen atoms in total. The van der Waals surface area contributed by atoms with Crippen LogP contribution in [0.3, 0.4) is 0 Å². The molecule has 1 N–H and O–H groups in total. The molecule has 0 aliphatic carbocycles. The number of nitrogens with zero attached hydrogens (tertiary/aromatic N) is 2. The molecule has 0 spiro atoms. The Morgan fingerprint density at radius 2 is 1.74 bits per heavy atom. The first-order valence-corrected chi connectivity index (χ1v) is 14.3. The monoisotopic (exact) mass is 558 g/mol. The highest BCUT2D eigenvalue weighted by molar-refractivity contribution is 6.30. The van der Waals surface area contributed by atoms with Crippen LogP contribution in [0, 0.1) is 5.41 Å². The van der Waals surface area contributed by atoms with Crippen LogP contribution in [0.25, 0.3) is 0 Å². The molecule has 0 radical (unpaired) electrons. The van der Waals surface area contributed by atoms with E-state index in [0.717, 1.165) is 37.1 Å². The highest BCUT2D eigenvalue weighted by atomic mass is 35.5. The van der Waals surface area contributed by atoms with E-state index in [9.17, 15) is 14.7 Å². The molecule has 6 atom stereocenters. The van der Waals surface area contributed by atoms with E-state index < -0.39 is 17.0 Å². The van der Waals surface area contributed by atoms with E-state index in [4.69, 9.17) is 27.9 Å². The van der Waals surface area contributed by atoms with Crippen LogP contribution in [0.4, 0.5) is 0 Å². The van der Waals surface area contributed by atoms with E-state index in [1.165, 1.54) is 0 Å². The normalized spacial score (nSPS) is 31.3. The number of benzene rings is 2. The number of carbonyl (C=O) groups excluding carboxylic acids is 1. The summed E-state index contributed by atoms with van der Waals surface area (Å²) in [6, 6.07) is 15.1. The van der Waals surface area contributed by atoms with Gasteiger partial charge in [0.05, 0.1) is 35.7 Å². The van der Waals surface area contributed by atoms with Gasteiger partial charge in [0.2, 0.25) is 5.91 Å². The standard InChI is InChI=1S/C30H36Cl2N2O4/c1-4-30(3,33-17-23-12-13-24(18-33)38-23)34-27(19-8-10-21(31)11-9-19)25(20-6-5-7-22(32)14-20)15-29(2,28(34)37)16-26(35)36/h5-11,14,23-25,27H,4,12-13,15-18H2,1-3H3,(H,35,36)/t23?,24?,25-,27-,29-,30+/m1/s1. The van der Waals surface area contributed by atoms with Crippen LogP contribution in [-0.4, -0.2) is 57.7 Å². The van der Waals surface area contributed by atoms with E-state index >= 15 is 0 Å². The Hall–Kier alpha value is -2.12. The van der Waals surface area contributed by atoms with Crippen LogP contribution in [0.2, 0.25) is 10.0 Å². The highest BCUT2D eigenvalue weighted by Crippen LogP contribution is 2.54. The molecule has 2 unspecified atom stereocenters. The number of rotatable bonds is 7. The zero-order chi connectivity index (χ0) is 27.2. The Morgan fingerprint density at radius 3 is 2.32 bits per heavy atom. The van der Waals surface area contributed by atoms with E-state index in [0.29, 0.717) is 22.9 Å². The molecule has 0 saturated carbocycles. The predicted octanol–water partition coefficient (Wildman–Crippen LogP) is 6.52. The van der Waals surface area contributed by atoms with Crippen LogP contribution in [-0.2, 0) is 14.3 Å². The van der Waals surface area contributed by atoms with Gasteiger partial charge < -0.3 is 14.7 Å². The van der Waals surface area contributed by atoms with E-state index in [1.54, 1.807) is 0 Å². The summed E-state index contributed by atoms with van der Waals surface area (Å²) in [4.78, 5) is 31.2. The number of aliphatic carboxylic acids is 1. The second-order valence-electron chi connectivity index (χ2n) is 11.6. The van der Waals surface area contributed by atoms with Gasteiger partial charge in [0.1, 0.15) is 0 Å². The van der Waals surface area contributed by atoms with Crippen molar-refractivity contribution < 1.29 is 19.4 Å². The number of hydrogen-bond donors (Lipinski definition) is 1. The molecule has 2 bridgehead atoms. The topological polar surface area (TPSA) is 70.1 Å². The molecular weight excluding hydrogens is 523 g/mol. The van der Waals surface area contributed by atoms with E-state index in [1.807, 2.05) is 60.4 Å². The first-order valence-electron chi connectivity index (χ1n) is 13.5. The predicted molar refractivity (Wildman–Crippen MR) is 148 cm³/mol. The zero-order valence-electron chi connectivity index (χ0n) is 22.2. The van der Waals surface area contributed by atoms with Gasteiger partial charge in [0.15, 0.2) is 0 Å². The van der Waals surface area contributed by atoms with Crippen LogP contribution >= 0.6 is 23.2 Å². The number of carboxylic acids is 1. The number of piperidine rings is 1. The quantitative estimate of drug-likeness (QED) is 0.418. The summed E-state index contributed by atoms with van der Waals surface area (Å²) in [6.07, 6.45) is 3.21. The van der Waals surface area contributed by atoms with Crippen molar-refractivity contribution in [2.75, 3.05) is 13.1 Å². The number of amides is 1. The van der Waals surface area contributed by atoms with Crippen molar-refractivity contribution >= 4 is 35.1 Å². The molecule has 0 aromatic heterocycles. The molecule has 8 heteroatoms. The fraction of sp³-hybridized carbons (Fsp3) is 0.533. The van der Waals surface area contributed by atoms with Gasteiger partial charge in [0, 0.05) is 29.1 Å². The maximum atomic E-state index is 14.7. The van der Waals surface area contributed by atoms with Crippen molar-refractivity contribution in [2.45, 2.75) is 82.7 Å². The molecule has 5 rings (SSSR count). The molecule has 3 aliphatic heterocycles. The molecule has 3 heterocycles. The van der Waals surface area contributed by atoms with Gasteiger partial charge in [-0.3, -0.25) is 14.5 Å². The molecule has 3 aliphatic rings. The van der Waals surface area contributed by atoms with Crippen LogP contribution < -0.4 is 0 Å². The van der Waals surface area contributed by atoms with E-state index in [-0.39, 0.29) is 36.5 Å². The third-order valence-electron chi connectivity index (χ3n) is 9.01. The number of carboxylic acid groups (broad SMARTS) is 1. The molecule has 3 saturated heterocycles. The Bertz CT molecular complexity index is 1190. The molecule has 1 amide bonds. The summed E-state index contributed by atoms with van der Waals surface area (Å²) in [7, 11) is 0. The molecular formula is C30H36Cl2N2O4. The minimum Gasteiger partial charge on any atom is -0.481 e. The molecule has 3 fully saturated rings. The number of carbonyl (C=O) groups is 2. The highest BCUT2D eigenvalue weighted by Gasteiger charge is 2.57. The molecule has 38 heavy (non-hydrogen) atoms. The van der Waals surface area contributed by atoms with Crippen molar-refractivity contribution in [1.82, 2.24) is 9.80 Å². The van der Waals surface area contributed by atoms with E-state index in [2.05, 4.69) is 18.7 Å². The second-order valence-corrected chi connectivity index (χ2v) is 12.5. The Kier molecular flexibility index (Phi) is 7.55. The van der Waals surface area contributed by atoms with Gasteiger partial charge in [-0.25, -0.2) is 0 Å². The van der Waals surface area contributed by atoms with Gasteiger partial charge in [-0.05, 0) is 68.0 Å². The van der Waals surface area contributed by atoms with Crippen molar-refractivity contribution in [1.29, 1.82) is 0 Å². The maximum absolute atomic E-state index is 14.7. The third kappa shape index (κ3) is 4.97. The molecule has 2 aromatic carbocycles. The summed E-state index contributed by atoms with van der Waals surface area (Å²) in [5.41, 5.74) is 0.236. The number of hydrogen-bond acceptors (Lipinski definition) is 4. The number of halogens is 2. The number of fused-ring (bicyclic) bond motifs is 2. The van der Waals surface area contributed by atoms with Gasteiger partial charge in [-0.1, -0.05) is 61.3 Å². The van der Waals surface area contributed by atoms with Gasteiger partial charge in [-0.15, -0.1) is 0 Å². The fourth-order valence-electron chi connectivity index (χ4n) is 6.91. The summed E-state index contributed by atoms with van der Waals surface area (Å²) >= 11 is 12.7. The summed E-state index contributed by atoms with van der Waals surface area (Å²) in [5.74, 6) is -1.26. The zero-order valence-corrected chi connectivity index (χ0v) is 23.7. The lowest BCUT2D eigenvalue weighted by Crippen LogP contribution is -2.68. The lowest BCUT2D eigenvalue weighted by molar-refractivity contribution is -0.187. The number of morpholine rings is 1. The minimum absolute atomic E-state index is 0.124. The Morgan fingerprint density at radius 1 is 1.08 bits per heavy atom. The van der Waals surface area contributed by atoms with Crippen molar-refractivity contribution in [3.8, 4) is 0 Å². The molecule has 2 aromatic rings. The first-order chi connectivity index (χ1) is 18.0. The third-order valence-corrected chi connectivity index (χ3v) is 9.50. The minimum atomic E-state index is -1.08. The Balaban J connectivity index is 1.70. The lowest BCUT2D eigenvalue weighted by Gasteiger charge is -2.59. The van der Waals surface area contributed by atoms with Crippen LogP contribution in [0.1, 0.15) is 76.0 Å². The van der Waals surface area contributed by atoms with Crippen LogP contribution in [0.5, 0.6) is 0 Å². The maximum Gasteiger partial charge on any atom is 0.304 e. The van der Waals surface area contributed by atoms with Gasteiger partial charge >= 0.3 is 5.97 Å². The first kappa shape index (κ1) is 27.4. The molecule has 204 valence electrons. The van der Waals surface area contributed by atoms with Crippen molar-refractivity contribution in [2.24, 2.45) is 5.41 Å². The number of likely N-dealkylation sites (tertiary alicyclic amines) is 2. The summed E-state index contributed by atoms with van der Waals surface area (Å²) in [6.45, 7) is 7.55. The van der Waals surface area contributed by atoms with Crippen molar-refractivity contribution in [3.05, 3.63) is 69.7 Å². The lowest BCUT2D eigenvalue weighted by atomic mass is 9.66. The Labute approximate surface area is 234 Å². The largest absolute Gasteiger partial charge is 0.481 e. The fourth-order valence-corrected chi connectivity index (χ4v) is 7.24. The SMILES string of the molecule is CC[C@@](C)(N1CC2CCC(C1)O2)N1C(=O)[C@@](C)(CC(=O)O)C[C@H](c2cccc(Cl)c2)[C@H]1c1ccc(Cl)cc1. The van der Waals surface area contributed by atoms with Crippen LogP contribution in [0.15, 0.2) is 48.5 Å².